The highest BCUT2D eigenvalue weighted by Gasteiger charge is 2.37. The quantitative estimate of drug-likeness (QED) is 0.640. The van der Waals surface area contributed by atoms with Crippen LogP contribution in [0, 0.1) is 23.2 Å². The Morgan fingerprint density at radius 1 is 1.14 bits per heavy atom. The SMILES string of the molecule is N#CC1=C/C(F)=C\C=C\C=C\1N1CCN2[C@@H](CC[C@@H]2C#Cc2cccc(Cl)c2)C1. The third-order valence-corrected chi connectivity index (χ3v) is 5.78. The average Bonchev–Trinajstić information content (AvgIpc) is 3.11. The lowest BCUT2D eigenvalue weighted by Crippen LogP contribution is -2.51. The molecule has 2 heterocycles. The lowest BCUT2D eigenvalue weighted by atomic mass is 10.1. The highest BCUT2D eigenvalue weighted by Crippen LogP contribution is 2.30. The van der Waals surface area contributed by atoms with Crippen LogP contribution in [-0.4, -0.2) is 41.5 Å². The van der Waals surface area contributed by atoms with Gasteiger partial charge >= 0.3 is 0 Å². The predicted molar refractivity (Wildman–Crippen MR) is 114 cm³/mol. The monoisotopic (exact) mass is 405 g/mol. The summed E-state index contributed by atoms with van der Waals surface area (Å²) in [4.78, 5) is 4.66. The molecule has 1 aromatic rings. The van der Waals surface area contributed by atoms with Crippen molar-refractivity contribution < 1.29 is 4.39 Å². The maximum absolute atomic E-state index is 13.8. The molecule has 146 valence electrons. The van der Waals surface area contributed by atoms with Gasteiger partial charge in [-0.1, -0.05) is 41.7 Å². The molecule has 3 nitrogen and oxygen atoms in total. The van der Waals surface area contributed by atoms with E-state index in [9.17, 15) is 9.65 Å². The number of rotatable bonds is 1. The highest BCUT2D eigenvalue weighted by molar-refractivity contribution is 6.30. The Morgan fingerprint density at radius 3 is 2.83 bits per heavy atom. The van der Waals surface area contributed by atoms with Crippen LogP contribution in [-0.2, 0) is 0 Å². The topological polar surface area (TPSA) is 30.3 Å². The highest BCUT2D eigenvalue weighted by atomic mass is 35.5. The van der Waals surface area contributed by atoms with Gasteiger partial charge in [0.1, 0.15) is 11.9 Å². The second-order valence-electron chi connectivity index (χ2n) is 7.37. The molecule has 2 atom stereocenters. The van der Waals surface area contributed by atoms with Crippen molar-refractivity contribution in [3.8, 4) is 17.9 Å². The number of benzene rings is 1. The molecule has 0 aromatic heterocycles. The van der Waals surface area contributed by atoms with E-state index in [1.54, 1.807) is 12.2 Å². The summed E-state index contributed by atoms with van der Waals surface area (Å²) < 4.78 is 13.8. The molecular formula is C24H21ClFN3. The summed E-state index contributed by atoms with van der Waals surface area (Å²) in [6.45, 7) is 2.48. The summed E-state index contributed by atoms with van der Waals surface area (Å²) in [5.41, 5.74) is 2.09. The largest absolute Gasteiger partial charge is 0.368 e. The molecule has 2 fully saturated rings. The molecule has 2 aliphatic heterocycles. The van der Waals surface area contributed by atoms with Crippen LogP contribution in [0.4, 0.5) is 4.39 Å². The van der Waals surface area contributed by atoms with Crippen LogP contribution in [0.1, 0.15) is 18.4 Å². The second-order valence-corrected chi connectivity index (χ2v) is 7.81. The zero-order chi connectivity index (χ0) is 20.2. The van der Waals surface area contributed by atoms with E-state index in [0.29, 0.717) is 16.6 Å². The van der Waals surface area contributed by atoms with E-state index >= 15 is 0 Å². The molecule has 0 saturated carbocycles. The zero-order valence-corrected chi connectivity index (χ0v) is 16.7. The lowest BCUT2D eigenvalue weighted by Gasteiger charge is -2.41. The Hall–Kier alpha value is -2.79. The van der Waals surface area contributed by atoms with E-state index in [4.69, 9.17) is 11.6 Å². The van der Waals surface area contributed by atoms with Crippen LogP contribution < -0.4 is 0 Å². The first-order valence-corrected chi connectivity index (χ1v) is 10.2. The molecule has 2 saturated heterocycles. The van der Waals surface area contributed by atoms with E-state index in [2.05, 4.69) is 27.7 Å². The van der Waals surface area contributed by atoms with Crippen LogP contribution in [0.5, 0.6) is 0 Å². The van der Waals surface area contributed by atoms with E-state index in [1.807, 2.05) is 30.3 Å². The fourth-order valence-electron chi connectivity index (χ4n) is 4.17. The van der Waals surface area contributed by atoms with E-state index < -0.39 is 5.83 Å². The van der Waals surface area contributed by atoms with Crippen molar-refractivity contribution in [2.24, 2.45) is 0 Å². The number of halogens is 2. The average molecular weight is 406 g/mol. The summed E-state index contributed by atoms with van der Waals surface area (Å²) in [6.07, 6.45) is 10.1. The van der Waals surface area contributed by atoms with E-state index in [1.165, 1.54) is 12.2 Å². The molecule has 1 aliphatic carbocycles. The van der Waals surface area contributed by atoms with Crippen LogP contribution in [0.25, 0.3) is 0 Å². The van der Waals surface area contributed by atoms with Crippen LogP contribution in [0.3, 0.4) is 0 Å². The van der Waals surface area contributed by atoms with Gasteiger partial charge < -0.3 is 4.90 Å². The molecule has 0 N–H and O–H groups in total. The van der Waals surface area contributed by atoms with E-state index in [0.717, 1.165) is 43.7 Å². The Balaban J connectivity index is 1.47. The number of nitrogens with zero attached hydrogens (tertiary/aromatic N) is 3. The molecule has 0 unspecified atom stereocenters. The standard InChI is InChI=1S/C24H21ClFN3/c25-20-5-3-4-18(14-20)8-9-22-10-11-23-17-28(12-13-29(22)23)24-7-2-1-6-21(26)15-19(24)16-27/h1-7,14-15,22-23H,10-13,17H2/b2-1+,6-1?,7-2?,19-15-,21-6+,21-15?,24-7-,24-19?/t22-,23-/m0/s1. The van der Waals surface area contributed by atoms with Crippen molar-refractivity contribution in [3.63, 3.8) is 0 Å². The minimum absolute atomic E-state index is 0.235. The Morgan fingerprint density at radius 2 is 2.00 bits per heavy atom. The minimum Gasteiger partial charge on any atom is -0.368 e. The van der Waals surface area contributed by atoms with Crippen LogP contribution in [0.15, 0.2) is 71.7 Å². The maximum atomic E-state index is 13.8. The predicted octanol–water partition coefficient (Wildman–Crippen LogP) is 4.60. The molecular weight excluding hydrogens is 385 g/mol. The summed E-state index contributed by atoms with van der Waals surface area (Å²) in [7, 11) is 0. The summed E-state index contributed by atoms with van der Waals surface area (Å²) in [5, 5.41) is 10.2. The molecule has 0 spiro atoms. The second kappa shape index (κ2) is 8.70. The number of fused-ring (bicyclic) bond motifs is 1. The first kappa shape index (κ1) is 19.5. The molecule has 0 amide bonds. The first-order chi connectivity index (χ1) is 14.1. The Bertz CT molecular complexity index is 1020. The number of hydrogen-bond acceptors (Lipinski definition) is 3. The van der Waals surface area contributed by atoms with Crippen molar-refractivity contribution >= 4 is 11.6 Å². The lowest BCUT2D eigenvalue weighted by molar-refractivity contribution is 0.115. The number of allylic oxidation sites excluding steroid dienone is 7. The number of nitriles is 1. The molecule has 5 heteroatoms. The Kier molecular flexibility index (Phi) is 5.86. The normalized spacial score (nSPS) is 30.7. The van der Waals surface area contributed by atoms with Crippen molar-refractivity contribution in [1.82, 2.24) is 9.80 Å². The smallest absolute Gasteiger partial charge is 0.124 e. The number of piperazine rings is 1. The molecule has 29 heavy (non-hydrogen) atoms. The maximum Gasteiger partial charge on any atom is 0.124 e. The first-order valence-electron chi connectivity index (χ1n) is 9.78. The van der Waals surface area contributed by atoms with Gasteiger partial charge in [-0.2, -0.15) is 5.26 Å². The molecule has 3 aliphatic rings. The summed E-state index contributed by atoms with van der Waals surface area (Å²) in [5.74, 6) is 6.27. The van der Waals surface area contributed by atoms with Gasteiger partial charge in [-0.15, -0.1) is 0 Å². The van der Waals surface area contributed by atoms with Gasteiger partial charge in [0.2, 0.25) is 0 Å². The molecule has 0 radical (unpaired) electrons. The summed E-state index contributed by atoms with van der Waals surface area (Å²) in [6, 6.07) is 10.4. The van der Waals surface area contributed by atoms with Crippen molar-refractivity contribution in [2.45, 2.75) is 24.9 Å². The third-order valence-electron chi connectivity index (χ3n) is 5.55. The molecule has 1 aromatic carbocycles. The Labute approximate surface area is 176 Å². The zero-order valence-electron chi connectivity index (χ0n) is 16.0. The van der Waals surface area contributed by atoms with Gasteiger partial charge in [-0.05, 0) is 49.3 Å². The van der Waals surface area contributed by atoms with Crippen molar-refractivity contribution in [1.29, 1.82) is 5.26 Å². The van der Waals surface area contributed by atoms with Crippen LogP contribution in [0.2, 0.25) is 5.02 Å². The van der Waals surface area contributed by atoms with Gasteiger partial charge in [-0.25, -0.2) is 4.39 Å². The van der Waals surface area contributed by atoms with Crippen molar-refractivity contribution in [3.05, 3.63) is 82.3 Å². The fourth-order valence-corrected chi connectivity index (χ4v) is 4.36. The van der Waals surface area contributed by atoms with Crippen molar-refractivity contribution in [2.75, 3.05) is 19.6 Å². The molecule has 4 rings (SSSR count). The third kappa shape index (κ3) is 4.46. The van der Waals surface area contributed by atoms with Gasteiger partial charge in [0.15, 0.2) is 0 Å². The summed E-state index contributed by atoms with van der Waals surface area (Å²) >= 11 is 6.05. The van der Waals surface area contributed by atoms with Gasteiger partial charge in [0, 0.05) is 36.3 Å². The molecule has 0 bridgehead atoms. The van der Waals surface area contributed by atoms with Gasteiger partial charge in [0.05, 0.1) is 17.3 Å². The number of hydrogen-bond donors (Lipinski definition) is 0. The van der Waals surface area contributed by atoms with Crippen LogP contribution >= 0.6 is 11.6 Å². The van der Waals surface area contributed by atoms with Gasteiger partial charge in [-0.3, -0.25) is 4.90 Å². The van der Waals surface area contributed by atoms with Gasteiger partial charge in [0.25, 0.3) is 0 Å². The van der Waals surface area contributed by atoms with E-state index in [-0.39, 0.29) is 6.04 Å². The minimum atomic E-state index is -0.403. The fraction of sp³-hybridized carbons (Fsp3) is 0.292.